The van der Waals surface area contributed by atoms with Gasteiger partial charge in [-0.25, -0.2) is 0 Å². The number of rotatable bonds is 5. The van der Waals surface area contributed by atoms with Crippen LogP contribution in [0.1, 0.15) is 32.8 Å². The summed E-state index contributed by atoms with van der Waals surface area (Å²) >= 11 is 0. The number of benzene rings is 1. The van der Waals surface area contributed by atoms with Crippen molar-refractivity contribution in [2.24, 2.45) is 5.92 Å². The molecule has 0 fully saturated rings. The Balaban J connectivity index is 2.78. The molecule has 0 N–H and O–H groups in total. The van der Waals surface area contributed by atoms with Crippen LogP contribution in [0.3, 0.4) is 0 Å². The lowest BCUT2D eigenvalue weighted by molar-refractivity contribution is 0.200. The number of hydrogen-bond acceptors (Lipinski definition) is 3. The summed E-state index contributed by atoms with van der Waals surface area (Å²) in [5.41, 5.74) is 1.03. The second kappa shape index (κ2) is 5.65. The third-order valence-corrected chi connectivity index (χ3v) is 3.84. The van der Waals surface area contributed by atoms with Gasteiger partial charge in [-0.3, -0.25) is 4.18 Å². The molecular weight excluding hydrogens is 236 g/mol. The van der Waals surface area contributed by atoms with Crippen LogP contribution in [0.5, 0.6) is 0 Å². The zero-order valence-corrected chi connectivity index (χ0v) is 11.6. The lowest BCUT2D eigenvalue weighted by Gasteiger charge is -2.14. The standard InChI is InChI=1S/C13H20O3S/c1-10(2)9-12(4)16-17(14,15)13-7-5-11(3)6-8-13/h5-8,10,12H,9H2,1-4H3/t12-/m0/s1. The van der Waals surface area contributed by atoms with E-state index in [1.807, 2.05) is 20.8 Å². The van der Waals surface area contributed by atoms with Crippen LogP contribution in [-0.2, 0) is 14.3 Å². The highest BCUT2D eigenvalue weighted by molar-refractivity contribution is 7.86. The minimum Gasteiger partial charge on any atom is -0.263 e. The first-order valence-electron chi connectivity index (χ1n) is 5.81. The van der Waals surface area contributed by atoms with Gasteiger partial charge in [0.05, 0.1) is 11.0 Å². The summed E-state index contributed by atoms with van der Waals surface area (Å²) in [6, 6.07) is 6.69. The molecule has 1 aromatic rings. The SMILES string of the molecule is Cc1ccc(S(=O)(=O)O[C@@H](C)CC(C)C)cc1. The third kappa shape index (κ3) is 4.48. The van der Waals surface area contributed by atoms with Crippen LogP contribution in [0.15, 0.2) is 29.2 Å². The van der Waals surface area contributed by atoms with Crippen LogP contribution < -0.4 is 0 Å². The fourth-order valence-electron chi connectivity index (χ4n) is 1.68. The Hall–Kier alpha value is -0.870. The summed E-state index contributed by atoms with van der Waals surface area (Å²) in [7, 11) is -3.62. The van der Waals surface area contributed by atoms with Crippen molar-refractivity contribution in [1.82, 2.24) is 0 Å². The lowest BCUT2D eigenvalue weighted by Crippen LogP contribution is -2.17. The highest BCUT2D eigenvalue weighted by atomic mass is 32.2. The average molecular weight is 256 g/mol. The van der Waals surface area contributed by atoms with E-state index in [4.69, 9.17) is 4.18 Å². The van der Waals surface area contributed by atoms with Crippen LogP contribution in [0, 0.1) is 12.8 Å². The zero-order chi connectivity index (χ0) is 13.1. The van der Waals surface area contributed by atoms with Crippen molar-refractivity contribution >= 4 is 10.1 Å². The molecule has 3 nitrogen and oxygen atoms in total. The first-order chi connectivity index (χ1) is 7.81. The minimum atomic E-state index is -3.62. The molecule has 0 radical (unpaired) electrons. The molecule has 0 amide bonds. The zero-order valence-electron chi connectivity index (χ0n) is 10.8. The van der Waals surface area contributed by atoms with Crippen LogP contribution in [0.2, 0.25) is 0 Å². The summed E-state index contributed by atoms with van der Waals surface area (Å²) in [6.45, 7) is 7.78. The Kier molecular flexibility index (Phi) is 4.71. The molecule has 0 aromatic heterocycles. The van der Waals surface area contributed by atoms with Gasteiger partial charge in [0.15, 0.2) is 0 Å². The minimum absolute atomic E-state index is 0.221. The average Bonchev–Trinajstić information content (AvgIpc) is 2.15. The van der Waals surface area contributed by atoms with Gasteiger partial charge in [0, 0.05) is 0 Å². The van der Waals surface area contributed by atoms with Crippen LogP contribution in [0.4, 0.5) is 0 Å². The molecule has 4 heteroatoms. The van der Waals surface area contributed by atoms with E-state index >= 15 is 0 Å². The Bertz CT molecular complexity index is 446. The smallest absolute Gasteiger partial charge is 0.263 e. The lowest BCUT2D eigenvalue weighted by atomic mass is 10.1. The molecule has 1 rings (SSSR count). The molecule has 0 aliphatic carbocycles. The maximum atomic E-state index is 11.9. The quantitative estimate of drug-likeness (QED) is 0.760. The van der Waals surface area contributed by atoms with Crippen molar-refractivity contribution in [2.75, 3.05) is 0 Å². The van der Waals surface area contributed by atoms with Gasteiger partial charge in [-0.05, 0) is 38.3 Å². The molecule has 17 heavy (non-hydrogen) atoms. The van der Waals surface area contributed by atoms with E-state index in [2.05, 4.69) is 0 Å². The highest BCUT2D eigenvalue weighted by Crippen LogP contribution is 2.17. The molecular formula is C13H20O3S. The number of hydrogen-bond donors (Lipinski definition) is 0. The molecule has 1 aromatic carbocycles. The van der Waals surface area contributed by atoms with Crippen molar-refractivity contribution in [2.45, 2.75) is 45.1 Å². The molecule has 1 atom stereocenters. The summed E-state index contributed by atoms with van der Waals surface area (Å²) < 4.78 is 29.0. The van der Waals surface area contributed by atoms with Gasteiger partial charge in [0.25, 0.3) is 10.1 Å². The maximum absolute atomic E-state index is 11.9. The van der Waals surface area contributed by atoms with E-state index in [0.29, 0.717) is 5.92 Å². The Morgan fingerprint density at radius 2 is 1.65 bits per heavy atom. The number of aryl methyl sites for hydroxylation is 1. The molecule has 0 saturated carbocycles. The Labute approximate surface area is 104 Å². The summed E-state index contributed by atoms with van der Waals surface area (Å²) in [5.74, 6) is 0.415. The predicted molar refractivity (Wildman–Crippen MR) is 68.4 cm³/mol. The van der Waals surface area contributed by atoms with E-state index in [9.17, 15) is 8.42 Å². The fourth-order valence-corrected chi connectivity index (χ4v) is 2.77. The fraction of sp³-hybridized carbons (Fsp3) is 0.538. The summed E-state index contributed by atoms with van der Waals surface area (Å²) in [4.78, 5) is 0.221. The van der Waals surface area contributed by atoms with Gasteiger partial charge >= 0.3 is 0 Å². The van der Waals surface area contributed by atoms with Crippen LogP contribution >= 0.6 is 0 Å². The first-order valence-corrected chi connectivity index (χ1v) is 7.22. The van der Waals surface area contributed by atoms with Crippen molar-refractivity contribution in [3.8, 4) is 0 Å². The summed E-state index contributed by atoms with van der Waals surface area (Å²) in [5, 5.41) is 0. The van der Waals surface area contributed by atoms with Gasteiger partial charge in [0.1, 0.15) is 0 Å². The van der Waals surface area contributed by atoms with E-state index in [0.717, 1.165) is 12.0 Å². The Morgan fingerprint density at radius 3 is 2.12 bits per heavy atom. The maximum Gasteiger partial charge on any atom is 0.297 e. The normalized spacial score (nSPS) is 13.9. The van der Waals surface area contributed by atoms with Crippen LogP contribution in [-0.4, -0.2) is 14.5 Å². The van der Waals surface area contributed by atoms with Crippen molar-refractivity contribution in [1.29, 1.82) is 0 Å². The topological polar surface area (TPSA) is 43.4 Å². The molecule has 0 aliphatic heterocycles. The molecule has 0 bridgehead atoms. The largest absolute Gasteiger partial charge is 0.297 e. The van der Waals surface area contributed by atoms with Gasteiger partial charge in [0.2, 0.25) is 0 Å². The van der Waals surface area contributed by atoms with Crippen molar-refractivity contribution < 1.29 is 12.6 Å². The van der Waals surface area contributed by atoms with E-state index in [-0.39, 0.29) is 11.0 Å². The van der Waals surface area contributed by atoms with E-state index in [1.165, 1.54) is 0 Å². The van der Waals surface area contributed by atoms with Crippen LogP contribution in [0.25, 0.3) is 0 Å². The second-order valence-corrected chi connectivity index (χ2v) is 6.38. The molecule has 0 unspecified atom stereocenters. The Morgan fingerprint density at radius 1 is 1.12 bits per heavy atom. The van der Waals surface area contributed by atoms with Gasteiger partial charge in [-0.2, -0.15) is 8.42 Å². The van der Waals surface area contributed by atoms with E-state index < -0.39 is 10.1 Å². The monoisotopic (exact) mass is 256 g/mol. The predicted octanol–water partition coefficient (Wildman–Crippen LogP) is 3.13. The van der Waals surface area contributed by atoms with Crippen molar-refractivity contribution in [3.63, 3.8) is 0 Å². The second-order valence-electron chi connectivity index (χ2n) is 4.80. The molecule has 0 spiro atoms. The first kappa shape index (κ1) is 14.2. The molecule has 0 saturated heterocycles. The van der Waals surface area contributed by atoms with Crippen molar-refractivity contribution in [3.05, 3.63) is 29.8 Å². The molecule has 0 aliphatic rings. The van der Waals surface area contributed by atoms with Gasteiger partial charge in [-0.15, -0.1) is 0 Å². The highest BCUT2D eigenvalue weighted by Gasteiger charge is 2.19. The third-order valence-electron chi connectivity index (χ3n) is 2.40. The van der Waals surface area contributed by atoms with Gasteiger partial charge < -0.3 is 0 Å². The molecule has 96 valence electrons. The van der Waals surface area contributed by atoms with E-state index in [1.54, 1.807) is 31.2 Å². The van der Waals surface area contributed by atoms with Gasteiger partial charge in [-0.1, -0.05) is 31.5 Å². The molecule has 0 heterocycles. The summed E-state index contributed by atoms with van der Waals surface area (Å²) in [6.07, 6.45) is 0.437.